The molecule has 5 heteroatoms. The van der Waals surface area contributed by atoms with Gasteiger partial charge in [0.15, 0.2) is 0 Å². The van der Waals surface area contributed by atoms with Gasteiger partial charge in [-0.1, -0.05) is 0 Å². The summed E-state index contributed by atoms with van der Waals surface area (Å²) in [5.74, 6) is -0.272. The van der Waals surface area contributed by atoms with Crippen LogP contribution in [0, 0.1) is 0 Å². The fourth-order valence-corrected chi connectivity index (χ4v) is 1.63. The zero-order valence-corrected chi connectivity index (χ0v) is 10.9. The number of carbonyl (C=O) groups excluding carboxylic acids is 1. The van der Waals surface area contributed by atoms with Gasteiger partial charge in [-0.2, -0.15) is 0 Å². The number of amides is 1. The highest BCUT2D eigenvalue weighted by Gasteiger charge is 2.00. The Morgan fingerprint density at radius 1 is 0.947 bits per heavy atom. The molecule has 4 N–H and O–H groups in total. The number of anilines is 4. The average molecular weight is 276 g/mol. The van der Waals surface area contributed by atoms with Gasteiger partial charge in [0.05, 0.1) is 0 Å². The molecule has 0 unspecified atom stereocenters. The molecule has 0 aliphatic rings. The Morgan fingerprint density at radius 2 is 1.42 bits per heavy atom. The van der Waals surface area contributed by atoms with Gasteiger partial charge in [0.1, 0.15) is 5.88 Å². The van der Waals surface area contributed by atoms with Crippen molar-refractivity contribution in [3.05, 3.63) is 48.5 Å². The molecule has 0 heterocycles. The number of benzene rings is 2. The molecule has 0 aliphatic carbocycles. The maximum Gasteiger partial charge on any atom is 0.239 e. The number of halogens is 1. The fourth-order valence-electron chi connectivity index (χ4n) is 1.56. The van der Waals surface area contributed by atoms with Gasteiger partial charge >= 0.3 is 0 Å². The van der Waals surface area contributed by atoms with E-state index in [1.54, 1.807) is 0 Å². The van der Waals surface area contributed by atoms with Gasteiger partial charge in [-0.15, -0.1) is 11.6 Å². The highest BCUT2D eigenvalue weighted by molar-refractivity contribution is 6.29. The van der Waals surface area contributed by atoms with Crippen LogP contribution in [0.15, 0.2) is 48.5 Å². The smallest absolute Gasteiger partial charge is 0.239 e. The highest BCUT2D eigenvalue weighted by Crippen LogP contribution is 2.19. The van der Waals surface area contributed by atoms with Crippen molar-refractivity contribution >= 4 is 40.3 Å². The topological polar surface area (TPSA) is 67.2 Å². The minimum absolute atomic E-state index is 0.0502. The van der Waals surface area contributed by atoms with E-state index in [1.165, 1.54) is 0 Å². The fraction of sp³-hybridized carbons (Fsp3) is 0.0714. The van der Waals surface area contributed by atoms with E-state index in [2.05, 4.69) is 10.6 Å². The lowest BCUT2D eigenvalue weighted by Gasteiger charge is -2.08. The van der Waals surface area contributed by atoms with Gasteiger partial charge in [-0.3, -0.25) is 4.79 Å². The predicted molar refractivity (Wildman–Crippen MR) is 79.9 cm³/mol. The molecule has 0 fully saturated rings. The summed E-state index contributed by atoms with van der Waals surface area (Å²) in [5.41, 5.74) is 8.94. The summed E-state index contributed by atoms with van der Waals surface area (Å²) in [4.78, 5) is 11.1. The third-order valence-corrected chi connectivity index (χ3v) is 2.73. The van der Waals surface area contributed by atoms with E-state index in [-0.39, 0.29) is 11.8 Å². The summed E-state index contributed by atoms with van der Waals surface area (Å²) < 4.78 is 0. The number of nitrogen functional groups attached to an aromatic ring is 1. The van der Waals surface area contributed by atoms with Crippen LogP contribution in [-0.4, -0.2) is 11.8 Å². The highest BCUT2D eigenvalue weighted by atomic mass is 35.5. The Hall–Kier alpha value is -2.20. The Bertz CT molecular complexity index is 552. The van der Waals surface area contributed by atoms with E-state index in [1.807, 2.05) is 48.5 Å². The first kappa shape index (κ1) is 13.2. The van der Waals surface area contributed by atoms with Crippen molar-refractivity contribution in [3.63, 3.8) is 0 Å². The minimum atomic E-state index is -0.221. The SMILES string of the molecule is Nc1ccc(Nc2ccc(NC(=O)CCl)cc2)cc1. The summed E-state index contributed by atoms with van der Waals surface area (Å²) in [7, 11) is 0. The number of carbonyl (C=O) groups is 1. The normalized spacial score (nSPS) is 9.95. The van der Waals surface area contributed by atoms with Crippen molar-refractivity contribution in [3.8, 4) is 0 Å². The molecule has 0 saturated heterocycles. The molecule has 0 bridgehead atoms. The van der Waals surface area contributed by atoms with Crippen molar-refractivity contribution in [2.45, 2.75) is 0 Å². The first-order valence-electron chi connectivity index (χ1n) is 5.76. The zero-order chi connectivity index (χ0) is 13.7. The second-order valence-electron chi connectivity index (χ2n) is 4.01. The van der Waals surface area contributed by atoms with E-state index < -0.39 is 0 Å². The van der Waals surface area contributed by atoms with Gasteiger partial charge in [0.2, 0.25) is 5.91 Å². The Labute approximate surface area is 116 Å². The molecule has 2 rings (SSSR count). The first-order chi connectivity index (χ1) is 9.17. The molecule has 0 aromatic heterocycles. The second-order valence-corrected chi connectivity index (χ2v) is 4.27. The van der Waals surface area contributed by atoms with E-state index in [0.29, 0.717) is 5.69 Å². The van der Waals surface area contributed by atoms with Crippen LogP contribution in [-0.2, 0) is 4.79 Å². The number of nitrogens with two attached hydrogens (primary N) is 1. The van der Waals surface area contributed by atoms with Crippen LogP contribution in [0.1, 0.15) is 0 Å². The third-order valence-electron chi connectivity index (χ3n) is 2.49. The molecule has 4 nitrogen and oxygen atoms in total. The second kappa shape index (κ2) is 6.11. The van der Waals surface area contributed by atoms with Crippen LogP contribution >= 0.6 is 11.6 Å². The van der Waals surface area contributed by atoms with Crippen LogP contribution in [0.3, 0.4) is 0 Å². The molecule has 0 radical (unpaired) electrons. The number of nitrogens with one attached hydrogen (secondary N) is 2. The Kier molecular flexibility index (Phi) is 4.26. The van der Waals surface area contributed by atoms with E-state index in [9.17, 15) is 4.79 Å². The molecule has 0 aliphatic heterocycles. The number of hydrogen-bond donors (Lipinski definition) is 3. The summed E-state index contributed by atoms with van der Waals surface area (Å²) in [5, 5.41) is 5.91. The lowest BCUT2D eigenvalue weighted by Crippen LogP contribution is -2.12. The monoisotopic (exact) mass is 275 g/mol. The van der Waals surface area contributed by atoms with Crippen molar-refractivity contribution in [2.24, 2.45) is 0 Å². The van der Waals surface area contributed by atoms with Crippen LogP contribution in [0.5, 0.6) is 0 Å². The molecule has 2 aromatic rings. The van der Waals surface area contributed by atoms with Gasteiger partial charge in [0, 0.05) is 22.7 Å². The van der Waals surface area contributed by atoms with Gasteiger partial charge in [-0.05, 0) is 48.5 Å². The first-order valence-corrected chi connectivity index (χ1v) is 6.29. The Balaban J connectivity index is 2.02. The third kappa shape index (κ3) is 3.89. The van der Waals surface area contributed by atoms with E-state index in [4.69, 9.17) is 17.3 Å². The minimum Gasteiger partial charge on any atom is -0.399 e. The summed E-state index contributed by atoms with van der Waals surface area (Å²) in [6, 6.07) is 14.8. The Morgan fingerprint density at radius 3 is 1.95 bits per heavy atom. The van der Waals surface area contributed by atoms with Crippen molar-refractivity contribution in [2.75, 3.05) is 22.2 Å². The predicted octanol–water partition coefficient (Wildman–Crippen LogP) is 3.19. The maximum absolute atomic E-state index is 11.1. The molecule has 1 amide bonds. The molecular formula is C14H14ClN3O. The summed E-state index contributed by atoms with van der Waals surface area (Å²) in [6.45, 7) is 0. The van der Waals surface area contributed by atoms with Crippen molar-refractivity contribution < 1.29 is 4.79 Å². The van der Waals surface area contributed by atoms with Crippen LogP contribution in [0.25, 0.3) is 0 Å². The average Bonchev–Trinajstić information content (AvgIpc) is 2.43. The molecule has 0 atom stereocenters. The van der Waals surface area contributed by atoms with Gasteiger partial charge < -0.3 is 16.4 Å². The van der Waals surface area contributed by atoms with Crippen LogP contribution in [0.2, 0.25) is 0 Å². The summed E-state index contributed by atoms with van der Waals surface area (Å²) >= 11 is 5.42. The van der Waals surface area contributed by atoms with Crippen molar-refractivity contribution in [1.82, 2.24) is 0 Å². The number of hydrogen-bond acceptors (Lipinski definition) is 3. The van der Waals surface area contributed by atoms with E-state index >= 15 is 0 Å². The largest absolute Gasteiger partial charge is 0.399 e. The van der Waals surface area contributed by atoms with Crippen LogP contribution in [0.4, 0.5) is 22.7 Å². The lowest BCUT2D eigenvalue weighted by molar-refractivity contribution is -0.113. The molecule has 19 heavy (non-hydrogen) atoms. The van der Waals surface area contributed by atoms with Gasteiger partial charge in [0.25, 0.3) is 0 Å². The van der Waals surface area contributed by atoms with Crippen molar-refractivity contribution in [1.29, 1.82) is 0 Å². The molecule has 0 spiro atoms. The number of rotatable bonds is 4. The molecular weight excluding hydrogens is 262 g/mol. The standard InChI is InChI=1S/C14H14ClN3O/c15-9-14(19)18-13-7-5-12(6-8-13)17-11-3-1-10(16)2-4-11/h1-8,17H,9,16H2,(H,18,19). The lowest BCUT2D eigenvalue weighted by atomic mass is 10.2. The quantitative estimate of drug-likeness (QED) is 0.593. The molecule has 98 valence electrons. The van der Waals surface area contributed by atoms with Gasteiger partial charge in [-0.25, -0.2) is 0 Å². The summed E-state index contributed by atoms with van der Waals surface area (Å²) in [6.07, 6.45) is 0. The molecule has 2 aromatic carbocycles. The van der Waals surface area contributed by atoms with E-state index in [0.717, 1.165) is 17.1 Å². The zero-order valence-electron chi connectivity index (χ0n) is 10.2. The maximum atomic E-state index is 11.1. The molecule has 0 saturated carbocycles. The van der Waals surface area contributed by atoms with Crippen LogP contribution < -0.4 is 16.4 Å². The number of alkyl halides is 1.